The van der Waals surface area contributed by atoms with Crippen molar-refractivity contribution < 1.29 is 8.82 Å². The maximum Gasteiger partial charge on any atom is 0.192 e. The molecular formula is C12H24FNOSi. The maximum absolute atomic E-state index is 12.8. The highest BCUT2D eigenvalue weighted by atomic mass is 28.4. The molecule has 0 saturated carbocycles. The van der Waals surface area contributed by atoms with Crippen LogP contribution in [0.1, 0.15) is 40.5 Å². The van der Waals surface area contributed by atoms with Gasteiger partial charge in [0.05, 0.1) is 6.07 Å². The Hall–Kier alpha value is -0.403. The minimum absolute atomic E-state index is 0.0347. The molecule has 2 atom stereocenters. The zero-order valence-corrected chi connectivity index (χ0v) is 12.3. The fourth-order valence-electron chi connectivity index (χ4n) is 1.18. The molecule has 16 heavy (non-hydrogen) atoms. The van der Waals surface area contributed by atoms with Gasteiger partial charge in [0.2, 0.25) is 0 Å². The van der Waals surface area contributed by atoms with E-state index in [4.69, 9.17) is 9.69 Å². The lowest BCUT2D eigenvalue weighted by Crippen LogP contribution is -2.43. The van der Waals surface area contributed by atoms with Crippen LogP contribution in [0.25, 0.3) is 0 Å². The van der Waals surface area contributed by atoms with E-state index in [-0.39, 0.29) is 17.6 Å². The smallest absolute Gasteiger partial charge is 0.192 e. The average Bonchev–Trinajstić information content (AvgIpc) is 2.11. The van der Waals surface area contributed by atoms with Crippen LogP contribution in [0, 0.1) is 11.3 Å². The van der Waals surface area contributed by atoms with Crippen LogP contribution < -0.4 is 0 Å². The molecule has 0 bridgehead atoms. The van der Waals surface area contributed by atoms with Gasteiger partial charge in [-0.2, -0.15) is 5.26 Å². The summed E-state index contributed by atoms with van der Waals surface area (Å²) in [6, 6.07) is 1.60. The Morgan fingerprint density at radius 1 is 1.31 bits per heavy atom. The first-order valence-electron chi connectivity index (χ1n) is 5.81. The van der Waals surface area contributed by atoms with Crippen molar-refractivity contribution in [2.24, 2.45) is 0 Å². The second-order valence-corrected chi connectivity index (χ2v) is 10.6. The third-order valence-corrected chi connectivity index (χ3v) is 7.87. The monoisotopic (exact) mass is 245 g/mol. The predicted molar refractivity (Wildman–Crippen MR) is 67.5 cm³/mol. The van der Waals surface area contributed by atoms with E-state index in [9.17, 15) is 4.39 Å². The molecule has 0 rings (SSSR count). The van der Waals surface area contributed by atoms with Gasteiger partial charge in [0.15, 0.2) is 14.5 Å². The van der Waals surface area contributed by atoms with Crippen molar-refractivity contribution in [3.05, 3.63) is 0 Å². The SMILES string of the molecule is C[C@H](CC[C@@H](F)C#N)O[Si](C)(C)C(C)(C)C. The lowest BCUT2D eigenvalue weighted by molar-refractivity contribution is 0.177. The zero-order chi connectivity index (χ0) is 13.0. The van der Waals surface area contributed by atoms with E-state index >= 15 is 0 Å². The van der Waals surface area contributed by atoms with Gasteiger partial charge in [-0.15, -0.1) is 0 Å². The summed E-state index contributed by atoms with van der Waals surface area (Å²) in [7, 11) is -1.76. The minimum atomic E-state index is -1.76. The maximum atomic E-state index is 12.8. The Morgan fingerprint density at radius 2 is 1.81 bits per heavy atom. The van der Waals surface area contributed by atoms with Crippen LogP contribution in [0.5, 0.6) is 0 Å². The second-order valence-electron chi connectivity index (χ2n) is 5.86. The zero-order valence-electron chi connectivity index (χ0n) is 11.3. The highest BCUT2D eigenvalue weighted by Crippen LogP contribution is 2.37. The summed E-state index contributed by atoms with van der Waals surface area (Å²) in [5.74, 6) is 0. The molecule has 0 amide bonds. The average molecular weight is 245 g/mol. The van der Waals surface area contributed by atoms with Crippen LogP contribution >= 0.6 is 0 Å². The number of nitriles is 1. The first-order chi connectivity index (χ1) is 7.10. The van der Waals surface area contributed by atoms with Crippen LogP contribution in [-0.4, -0.2) is 20.6 Å². The summed E-state index contributed by atoms with van der Waals surface area (Å²) < 4.78 is 18.8. The quantitative estimate of drug-likeness (QED) is 0.685. The van der Waals surface area contributed by atoms with Crippen LogP contribution in [0.3, 0.4) is 0 Å². The van der Waals surface area contributed by atoms with Crippen molar-refractivity contribution in [1.29, 1.82) is 5.26 Å². The molecule has 0 aliphatic carbocycles. The molecule has 0 saturated heterocycles. The fraction of sp³-hybridized carbons (Fsp3) is 0.917. The lowest BCUT2D eigenvalue weighted by atomic mass is 10.2. The summed E-state index contributed by atoms with van der Waals surface area (Å²) in [5, 5.41) is 8.52. The summed E-state index contributed by atoms with van der Waals surface area (Å²) in [4.78, 5) is 0. The van der Waals surface area contributed by atoms with Crippen LogP contribution in [0.15, 0.2) is 0 Å². The van der Waals surface area contributed by atoms with Crippen molar-refractivity contribution in [3.8, 4) is 6.07 Å². The molecule has 0 aromatic heterocycles. The van der Waals surface area contributed by atoms with Crippen molar-refractivity contribution >= 4 is 8.32 Å². The molecule has 0 fully saturated rings. The van der Waals surface area contributed by atoms with Crippen LogP contribution in [0.4, 0.5) is 4.39 Å². The first-order valence-corrected chi connectivity index (χ1v) is 8.72. The van der Waals surface area contributed by atoms with Gasteiger partial charge in [0.25, 0.3) is 0 Å². The van der Waals surface area contributed by atoms with Gasteiger partial charge in [-0.3, -0.25) is 0 Å². The second kappa shape index (κ2) is 5.79. The first kappa shape index (κ1) is 15.6. The van der Waals surface area contributed by atoms with Gasteiger partial charge >= 0.3 is 0 Å². The van der Waals surface area contributed by atoms with Gasteiger partial charge in [-0.25, -0.2) is 4.39 Å². The molecule has 0 radical (unpaired) electrons. The Labute approximate surface area is 99.9 Å². The topological polar surface area (TPSA) is 33.0 Å². The number of alkyl halides is 1. The normalized spacial score (nSPS) is 16.6. The summed E-state index contributed by atoms with van der Waals surface area (Å²) in [5.41, 5.74) is 0. The number of hydrogen-bond acceptors (Lipinski definition) is 2. The molecule has 0 aliphatic heterocycles. The molecule has 2 nitrogen and oxygen atoms in total. The van der Waals surface area contributed by atoms with Crippen molar-refractivity contribution in [2.45, 2.75) is 70.9 Å². The van der Waals surface area contributed by atoms with E-state index < -0.39 is 14.5 Å². The molecule has 0 N–H and O–H groups in total. The van der Waals surface area contributed by atoms with Crippen molar-refractivity contribution in [2.75, 3.05) is 0 Å². The standard InChI is InChI=1S/C12H24FNOSi/c1-10(7-8-11(13)9-14)15-16(5,6)12(2,3)4/h10-11H,7-8H2,1-6H3/t10-,11-/m1/s1. The van der Waals surface area contributed by atoms with Gasteiger partial charge in [0, 0.05) is 6.10 Å². The van der Waals surface area contributed by atoms with E-state index in [0.717, 1.165) is 0 Å². The molecule has 0 aromatic carbocycles. The lowest BCUT2D eigenvalue weighted by Gasteiger charge is -2.38. The molecule has 0 spiro atoms. The highest BCUT2D eigenvalue weighted by molar-refractivity contribution is 6.74. The third-order valence-electron chi connectivity index (χ3n) is 3.27. The summed E-state index contributed by atoms with van der Waals surface area (Å²) in [6.45, 7) is 12.9. The number of halogens is 1. The molecule has 0 unspecified atom stereocenters. The number of hydrogen-bond donors (Lipinski definition) is 0. The van der Waals surface area contributed by atoms with E-state index in [1.54, 1.807) is 6.07 Å². The van der Waals surface area contributed by atoms with Crippen LogP contribution in [-0.2, 0) is 4.43 Å². The minimum Gasteiger partial charge on any atom is -0.414 e. The Balaban J connectivity index is 4.15. The Morgan fingerprint density at radius 3 is 2.19 bits per heavy atom. The molecule has 0 aromatic rings. The largest absolute Gasteiger partial charge is 0.414 e. The van der Waals surface area contributed by atoms with Gasteiger partial charge in [0.1, 0.15) is 0 Å². The van der Waals surface area contributed by atoms with Crippen LogP contribution in [0.2, 0.25) is 18.1 Å². The Bertz CT molecular complexity index is 255. The van der Waals surface area contributed by atoms with E-state index in [0.29, 0.717) is 6.42 Å². The predicted octanol–water partition coefficient (Wildman–Crippen LogP) is 4.04. The van der Waals surface area contributed by atoms with Gasteiger partial charge in [-0.1, -0.05) is 20.8 Å². The van der Waals surface area contributed by atoms with E-state index in [1.165, 1.54) is 0 Å². The molecule has 4 heteroatoms. The van der Waals surface area contributed by atoms with Crippen molar-refractivity contribution in [3.63, 3.8) is 0 Å². The van der Waals surface area contributed by atoms with Gasteiger partial charge < -0.3 is 4.43 Å². The van der Waals surface area contributed by atoms with E-state index in [2.05, 4.69) is 33.9 Å². The molecule has 0 heterocycles. The molecule has 94 valence electrons. The third kappa shape index (κ3) is 5.09. The van der Waals surface area contributed by atoms with Crippen molar-refractivity contribution in [1.82, 2.24) is 0 Å². The van der Waals surface area contributed by atoms with E-state index in [1.807, 2.05) is 6.92 Å². The molecule has 0 aliphatic rings. The number of rotatable bonds is 5. The number of nitrogens with zero attached hydrogens (tertiary/aromatic N) is 1. The molecular weight excluding hydrogens is 221 g/mol. The summed E-state index contributed by atoms with van der Waals surface area (Å²) in [6.07, 6.45) is -0.439. The van der Waals surface area contributed by atoms with Gasteiger partial charge in [-0.05, 0) is 37.9 Å². The highest BCUT2D eigenvalue weighted by Gasteiger charge is 2.38. The fourth-order valence-corrected chi connectivity index (χ4v) is 2.66. The summed E-state index contributed by atoms with van der Waals surface area (Å²) >= 11 is 0. The Kier molecular flexibility index (Phi) is 5.64.